The molecule has 27 heavy (non-hydrogen) atoms. The maximum atomic E-state index is 13.0. The number of hydrogen-bond acceptors (Lipinski definition) is 3. The molecule has 0 spiro atoms. The van der Waals surface area contributed by atoms with Crippen molar-refractivity contribution in [3.05, 3.63) is 76.7 Å². The molecular weight excluding hydrogens is 341 g/mol. The van der Waals surface area contributed by atoms with Gasteiger partial charge < -0.3 is 10.6 Å². The molecule has 2 N–H and O–H groups in total. The molecule has 0 aliphatic rings. The van der Waals surface area contributed by atoms with E-state index in [0.29, 0.717) is 18.9 Å². The first kappa shape index (κ1) is 20.4. The fourth-order valence-corrected chi connectivity index (χ4v) is 2.58. The minimum absolute atomic E-state index is 0.0356. The molecule has 2 aromatic carbocycles. The lowest BCUT2D eigenvalue weighted by molar-refractivity contribution is -0.112. The average Bonchev–Trinajstić information content (AvgIpc) is 2.62. The van der Waals surface area contributed by atoms with Crippen molar-refractivity contribution in [2.45, 2.75) is 34.2 Å². The number of allylic oxidation sites excluding steroid dienone is 1. The number of aryl methyl sites for hydroxylation is 1. The van der Waals surface area contributed by atoms with Crippen molar-refractivity contribution < 1.29 is 9.18 Å². The number of benzene rings is 2. The van der Waals surface area contributed by atoms with Crippen LogP contribution in [0.1, 0.15) is 30.5 Å². The Balaban J connectivity index is 2.03. The summed E-state index contributed by atoms with van der Waals surface area (Å²) >= 11 is 0. The summed E-state index contributed by atoms with van der Waals surface area (Å²) in [7, 11) is 0. The standard InChI is InChI=1S/C22H26FN3O/c1-15-6-5-7-22(17(15)3)25-14-21(12-16(2)27)26-18(4)24-13-19-8-10-20(23)11-9-19/h5-12,25H,13-14H2,1-4H3,(H,24,26)/b21-12-. The van der Waals surface area contributed by atoms with Gasteiger partial charge in [0.1, 0.15) is 5.82 Å². The summed E-state index contributed by atoms with van der Waals surface area (Å²) in [4.78, 5) is 16.0. The molecule has 0 saturated carbocycles. The third-order valence-corrected chi connectivity index (χ3v) is 4.20. The van der Waals surface area contributed by atoms with Crippen LogP contribution in [0.3, 0.4) is 0 Å². The van der Waals surface area contributed by atoms with Gasteiger partial charge in [0, 0.05) is 17.5 Å². The van der Waals surface area contributed by atoms with Crippen LogP contribution in [0.2, 0.25) is 0 Å². The number of carbonyl (C=O) groups is 1. The molecule has 0 heterocycles. The second-order valence-corrected chi connectivity index (χ2v) is 6.53. The molecule has 2 aromatic rings. The number of carbonyl (C=O) groups excluding carboxylic acids is 1. The first-order valence-electron chi connectivity index (χ1n) is 8.89. The number of aliphatic imine (C=N–C) groups is 1. The molecule has 0 fully saturated rings. The Morgan fingerprint density at radius 2 is 1.81 bits per heavy atom. The lowest BCUT2D eigenvalue weighted by atomic mass is 10.1. The Morgan fingerprint density at radius 3 is 2.48 bits per heavy atom. The van der Waals surface area contributed by atoms with Gasteiger partial charge in [-0.3, -0.25) is 9.79 Å². The molecule has 0 aliphatic heterocycles. The van der Waals surface area contributed by atoms with Gasteiger partial charge >= 0.3 is 0 Å². The van der Waals surface area contributed by atoms with E-state index in [1.165, 1.54) is 30.2 Å². The molecule has 4 nitrogen and oxygen atoms in total. The van der Waals surface area contributed by atoms with E-state index in [2.05, 4.69) is 35.5 Å². The van der Waals surface area contributed by atoms with Crippen LogP contribution in [0.25, 0.3) is 0 Å². The smallest absolute Gasteiger partial charge is 0.154 e. The quantitative estimate of drug-likeness (QED) is 0.429. The van der Waals surface area contributed by atoms with E-state index in [0.717, 1.165) is 16.9 Å². The fraction of sp³-hybridized carbons (Fsp3) is 0.273. The zero-order valence-corrected chi connectivity index (χ0v) is 16.3. The van der Waals surface area contributed by atoms with Gasteiger partial charge in [0.25, 0.3) is 0 Å². The molecule has 5 heteroatoms. The number of nitrogens with one attached hydrogen (secondary N) is 2. The molecule has 0 aliphatic carbocycles. The summed E-state index contributed by atoms with van der Waals surface area (Å²) in [5.41, 5.74) is 5.09. The maximum Gasteiger partial charge on any atom is 0.154 e. The van der Waals surface area contributed by atoms with Crippen molar-refractivity contribution in [1.29, 1.82) is 0 Å². The topological polar surface area (TPSA) is 53.5 Å². The van der Waals surface area contributed by atoms with E-state index >= 15 is 0 Å². The van der Waals surface area contributed by atoms with Crippen molar-refractivity contribution >= 4 is 17.3 Å². The van der Waals surface area contributed by atoms with Crippen LogP contribution in [0, 0.1) is 19.7 Å². The molecule has 0 aromatic heterocycles. The normalized spacial score (nSPS) is 12.0. The van der Waals surface area contributed by atoms with E-state index in [1.807, 2.05) is 19.1 Å². The van der Waals surface area contributed by atoms with Crippen molar-refractivity contribution in [3.8, 4) is 0 Å². The van der Waals surface area contributed by atoms with Crippen LogP contribution in [-0.2, 0) is 11.3 Å². The van der Waals surface area contributed by atoms with Crippen LogP contribution in [0.5, 0.6) is 0 Å². The zero-order chi connectivity index (χ0) is 19.8. The monoisotopic (exact) mass is 367 g/mol. The third-order valence-electron chi connectivity index (χ3n) is 4.20. The Bertz CT molecular complexity index is 854. The predicted octanol–water partition coefficient (Wildman–Crippen LogP) is 4.54. The van der Waals surface area contributed by atoms with Crippen LogP contribution >= 0.6 is 0 Å². The van der Waals surface area contributed by atoms with Gasteiger partial charge in [0.2, 0.25) is 0 Å². The SMILES string of the molecule is CC(=O)/C=C(/CNc1cccc(C)c1C)NC(C)=NCc1ccc(F)cc1. The number of halogens is 1. The number of rotatable bonds is 7. The highest BCUT2D eigenvalue weighted by Gasteiger charge is 2.04. The minimum atomic E-state index is -0.262. The molecular formula is C22H26FN3O. The van der Waals surface area contributed by atoms with E-state index < -0.39 is 0 Å². The summed E-state index contributed by atoms with van der Waals surface area (Å²) in [5.74, 6) is 0.392. The number of hydrogen-bond donors (Lipinski definition) is 2. The highest BCUT2D eigenvalue weighted by molar-refractivity contribution is 5.90. The summed E-state index contributed by atoms with van der Waals surface area (Å²) in [6.07, 6.45) is 1.56. The molecule has 2 rings (SSSR count). The second kappa shape index (κ2) is 9.67. The average molecular weight is 367 g/mol. The van der Waals surface area contributed by atoms with Gasteiger partial charge in [-0.25, -0.2) is 4.39 Å². The Morgan fingerprint density at radius 1 is 1.11 bits per heavy atom. The molecule has 0 unspecified atom stereocenters. The molecule has 0 bridgehead atoms. The van der Waals surface area contributed by atoms with E-state index in [4.69, 9.17) is 0 Å². The van der Waals surface area contributed by atoms with Crippen LogP contribution < -0.4 is 10.6 Å². The van der Waals surface area contributed by atoms with Gasteiger partial charge in [-0.1, -0.05) is 24.3 Å². The summed E-state index contributed by atoms with van der Waals surface area (Å²) in [5, 5.41) is 6.55. The number of anilines is 1. The molecule has 0 amide bonds. The number of amidine groups is 1. The van der Waals surface area contributed by atoms with E-state index in [9.17, 15) is 9.18 Å². The molecule has 0 saturated heterocycles. The van der Waals surface area contributed by atoms with Gasteiger partial charge in [-0.15, -0.1) is 0 Å². The van der Waals surface area contributed by atoms with Crippen LogP contribution in [0.15, 0.2) is 59.2 Å². The van der Waals surface area contributed by atoms with Gasteiger partial charge in [-0.05, 0) is 62.6 Å². The zero-order valence-electron chi connectivity index (χ0n) is 16.3. The molecule has 142 valence electrons. The largest absolute Gasteiger partial charge is 0.379 e. The summed E-state index contributed by atoms with van der Waals surface area (Å²) in [6, 6.07) is 12.3. The predicted molar refractivity (Wildman–Crippen MR) is 110 cm³/mol. The number of ketones is 1. The van der Waals surface area contributed by atoms with Gasteiger partial charge in [0.15, 0.2) is 5.78 Å². The lowest BCUT2D eigenvalue weighted by Gasteiger charge is -2.15. The van der Waals surface area contributed by atoms with E-state index in [1.54, 1.807) is 18.2 Å². The summed E-state index contributed by atoms with van der Waals surface area (Å²) < 4.78 is 13.0. The second-order valence-electron chi connectivity index (χ2n) is 6.53. The first-order chi connectivity index (χ1) is 12.8. The molecule has 0 atom stereocenters. The number of nitrogens with zero attached hydrogens (tertiary/aromatic N) is 1. The third kappa shape index (κ3) is 6.70. The Kier molecular flexibility index (Phi) is 7.29. The fourth-order valence-electron chi connectivity index (χ4n) is 2.58. The Hall–Kier alpha value is -2.95. The first-order valence-corrected chi connectivity index (χ1v) is 8.89. The summed E-state index contributed by atoms with van der Waals surface area (Å²) in [6.45, 7) is 8.41. The van der Waals surface area contributed by atoms with Crippen molar-refractivity contribution in [3.63, 3.8) is 0 Å². The van der Waals surface area contributed by atoms with Crippen LogP contribution in [-0.4, -0.2) is 18.2 Å². The van der Waals surface area contributed by atoms with Crippen LogP contribution in [0.4, 0.5) is 10.1 Å². The minimum Gasteiger partial charge on any atom is -0.379 e. The highest BCUT2D eigenvalue weighted by Crippen LogP contribution is 2.18. The van der Waals surface area contributed by atoms with Gasteiger partial charge in [0.05, 0.1) is 18.9 Å². The van der Waals surface area contributed by atoms with Crippen molar-refractivity contribution in [2.75, 3.05) is 11.9 Å². The van der Waals surface area contributed by atoms with E-state index in [-0.39, 0.29) is 11.6 Å². The van der Waals surface area contributed by atoms with Crippen molar-refractivity contribution in [2.24, 2.45) is 4.99 Å². The molecule has 0 radical (unpaired) electrons. The maximum absolute atomic E-state index is 13.0. The Labute approximate surface area is 160 Å². The lowest BCUT2D eigenvalue weighted by Crippen LogP contribution is -2.25. The van der Waals surface area contributed by atoms with Crippen molar-refractivity contribution in [1.82, 2.24) is 5.32 Å². The van der Waals surface area contributed by atoms with Gasteiger partial charge in [-0.2, -0.15) is 0 Å². The highest BCUT2D eigenvalue weighted by atomic mass is 19.1.